The van der Waals surface area contributed by atoms with Crippen LogP contribution in [-0.4, -0.2) is 16.9 Å². The van der Waals surface area contributed by atoms with Gasteiger partial charge in [0.1, 0.15) is 0 Å². The summed E-state index contributed by atoms with van der Waals surface area (Å²) in [5, 5.41) is 2.58. The lowest BCUT2D eigenvalue weighted by atomic mass is 10.3. The molecule has 2 aromatic rings. The predicted octanol–water partition coefficient (Wildman–Crippen LogP) is 3.41. The van der Waals surface area contributed by atoms with Crippen LogP contribution in [0.25, 0.3) is 0 Å². The molecular weight excluding hydrogens is 300 g/mol. The summed E-state index contributed by atoms with van der Waals surface area (Å²) in [5.41, 5.74) is 0.644. The maximum Gasteiger partial charge on any atom is 0.309 e. The van der Waals surface area contributed by atoms with Crippen LogP contribution in [0.1, 0.15) is 13.8 Å². The molecule has 20 heavy (non-hydrogen) atoms. The van der Waals surface area contributed by atoms with Gasteiger partial charge in [0.2, 0.25) is 11.8 Å². The van der Waals surface area contributed by atoms with Gasteiger partial charge in [-0.3, -0.25) is 14.5 Å². The number of benzene rings is 1. The van der Waals surface area contributed by atoms with Gasteiger partial charge in [0, 0.05) is 18.9 Å². The summed E-state index contributed by atoms with van der Waals surface area (Å²) < 4.78 is 4.88. The third-order valence-corrected chi connectivity index (χ3v) is 3.37. The highest BCUT2D eigenvalue weighted by molar-refractivity contribution is 7.14. The quantitative estimate of drug-likeness (QED) is 0.815. The molecule has 0 spiro atoms. The molecule has 5 nitrogen and oxygen atoms in total. The number of aromatic nitrogens is 1. The van der Waals surface area contributed by atoms with Gasteiger partial charge in [-0.15, -0.1) is 11.3 Å². The fourth-order valence-corrected chi connectivity index (χ4v) is 2.48. The number of amides is 1. The Balaban J connectivity index is 2.33. The average molecular weight is 311 g/mol. The minimum absolute atomic E-state index is 0.178. The molecule has 1 aromatic carbocycles. The van der Waals surface area contributed by atoms with Crippen molar-refractivity contribution in [1.29, 1.82) is 0 Å². The molecule has 0 aliphatic heterocycles. The van der Waals surface area contributed by atoms with Gasteiger partial charge < -0.3 is 4.74 Å². The van der Waals surface area contributed by atoms with E-state index < -0.39 is 5.97 Å². The SMILES string of the molecule is CC(=O)Oc1csc(N(C(C)=O)c2ccc(Cl)cc2)n1. The molecule has 0 fully saturated rings. The number of anilines is 2. The van der Waals surface area contributed by atoms with Crippen molar-refractivity contribution in [2.24, 2.45) is 0 Å². The maximum absolute atomic E-state index is 11.8. The first kappa shape index (κ1) is 14.5. The van der Waals surface area contributed by atoms with Crippen molar-refractivity contribution in [3.63, 3.8) is 0 Å². The Hall–Kier alpha value is -1.92. The number of carbonyl (C=O) groups excluding carboxylic acids is 2. The van der Waals surface area contributed by atoms with Crippen LogP contribution >= 0.6 is 22.9 Å². The number of carbonyl (C=O) groups is 2. The molecule has 0 atom stereocenters. The molecule has 0 aliphatic rings. The maximum atomic E-state index is 11.8. The molecular formula is C13H11ClN2O3S. The second-order valence-electron chi connectivity index (χ2n) is 3.89. The number of halogens is 1. The van der Waals surface area contributed by atoms with Gasteiger partial charge in [0.25, 0.3) is 0 Å². The summed E-state index contributed by atoms with van der Waals surface area (Å²) in [5.74, 6) is -0.475. The van der Waals surface area contributed by atoms with E-state index in [2.05, 4.69) is 4.98 Å². The molecule has 0 radical (unpaired) electrons. The number of hydrogen-bond donors (Lipinski definition) is 0. The Morgan fingerprint density at radius 2 is 1.90 bits per heavy atom. The van der Waals surface area contributed by atoms with Crippen LogP contribution in [-0.2, 0) is 9.59 Å². The van der Waals surface area contributed by atoms with Crippen LogP contribution in [0.5, 0.6) is 5.88 Å². The van der Waals surface area contributed by atoms with E-state index in [4.69, 9.17) is 16.3 Å². The fraction of sp³-hybridized carbons (Fsp3) is 0.154. The first-order valence-corrected chi connectivity index (χ1v) is 6.93. The Bertz CT molecular complexity index is 639. The molecule has 0 saturated heterocycles. The highest BCUT2D eigenvalue weighted by Gasteiger charge is 2.18. The molecule has 1 aromatic heterocycles. The van der Waals surface area contributed by atoms with E-state index in [9.17, 15) is 9.59 Å². The van der Waals surface area contributed by atoms with Crippen LogP contribution < -0.4 is 9.64 Å². The van der Waals surface area contributed by atoms with E-state index in [1.807, 2.05) is 0 Å². The van der Waals surface area contributed by atoms with Gasteiger partial charge in [-0.25, -0.2) is 0 Å². The Morgan fingerprint density at radius 3 is 2.45 bits per heavy atom. The predicted molar refractivity (Wildman–Crippen MR) is 77.7 cm³/mol. The van der Waals surface area contributed by atoms with E-state index in [1.54, 1.807) is 29.6 Å². The number of hydrogen-bond acceptors (Lipinski definition) is 5. The summed E-state index contributed by atoms with van der Waals surface area (Å²) in [6.45, 7) is 2.72. The minimum Gasteiger partial charge on any atom is -0.407 e. The molecule has 0 aliphatic carbocycles. The number of nitrogens with zero attached hydrogens (tertiary/aromatic N) is 2. The molecule has 1 amide bonds. The Labute approximate surface area is 124 Å². The molecule has 7 heteroatoms. The molecule has 0 unspecified atom stereocenters. The summed E-state index contributed by atoms with van der Waals surface area (Å²) in [6, 6.07) is 6.81. The topological polar surface area (TPSA) is 59.5 Å². The lowest BCUT2D eigenvalue weighted by Crippen LogP contribution is -2.22. The van der Waals surface area contributed by atoms with Crippen LogP contribution in [0.4, 0.5) is 10.8 Å². The van der Waals surface area contributed by atoms with E-state index >= 15 is 0 Å². The highest BCUT2D eigenvalue weighted by atomic mass is 35.5. The molecule has 1 heterocycles. The highest BCUT2D eigenvalue weighted by Crippen LogP contribution is 2.31. The van der Waals surface area contributed by atoms with Crippen LogP contribution in [0, 0.1) is 0 Å². The van der Waals surface area contributed by atoms with Crippen LogP contribution in [0.15, 0.2) is 29.6 Å². The number of esters is 1. The third-order valence-electron chi connectivity index (χ3n) is 2.31. The second-order valence-corrected chi connectivity index (χ2v) is 5.17. The summed E-state index contributed by atoms with van der Waals surface area (Å²) >= 11 is 7.04. The zero-order valence-electron chi connectivity index (χ0n) is 10.8. The van der Waals surface area contributed by atoms with Crippen molar-refractivity contribution in [2.75, 3.05) is 4.90 Å². The normalized spacial score (nSPS) is 10.2. The van der Waals surface area contributed by atoms with Crippen LogP contribution in [0.2, 0.25) is 5.02 Å². The van der Waals surface area contributed by atoms with Crippen LogP contribution in [0.3, 0.4) is 0 Å². The molecule has 0 N–H and O–H groups in total. The van der Waals surface area contributed by atoms with Gasteiger partial charge >= 0.3 is 5.97 Å². The molecule has 0 bridgehead atoms. The zero-order chi connectivity index (χ0) is 14.7. The monoisotopic (exact) mass is 310 g/mol. The standard InChI is InChI=1S/C13H11ClN2O3S/c1-8(17)16(11-5-3-10(14)4-6-11)13-15-12(7-20-13)19-9(2)18/h3-7H,1-2H3. The number of thiazole rings is 1. The fourth-order valence-electron chi connectivity index (χ4n) is 1.56. The van der Waals surface area contributed by atoms with E-state index in [1.165, 1.54) is 30.1 Å². The van der Waals surface area contributed by atoms with Crippen molar-refractivity contribution in [2.45, 2.75) is 13.8 Å². The zero-order valence-corrected chi connectivity index (χ0v) is 12.4. The first-order chi connectivity index (χ1) is 9.47. The van der Waals surface area contributed by atoms with E-state index in [-0.39, 0.29) is 11.8 Å². The van der Waals surface area contributed by atoms with Gasteiger partial charge in [-0.05, 0) is 24.3 Å². The Morgan fingerprint density at radius 1 is 1.25 bits per heavy atom. The van der Waals surface area contributed by atoms with Crippen molar-refractivity contribution in [3.8, 4) is 5.88 Å². The largest absolute Gasteiger partial charge is 0.407 e. The van der Waals surface area contributed by atoms with Gasteiger partial charge in [-0.1, -0.05) is 11.6 Å². The van der Waals surface area contributed by atoms with E-state index in [0.29, 0.717) is 15.8 Å². The Kier molecular flexibility index (Phi) is 4.36. The number of ether oxygens (including phenoxy) is 1. The average Bonchev–Trinajstić information content (AvgIpc) is 2.79. The minimum atomic E-state index is -0.456. The van der Waals surface area contributed by atoms with Gasteiger partial charge in [0.05, 0.1) is 11.1 Å². The van der Waals surface area contributed by atoms with Gasteiger partial charge in [0.15, 0.2) is 5.13 Å². The summed E-state index contributed by atoms with van der Waals surface area (Å²) in [4.78, 5) is 28.2. The van der Waals surface area contributed by atoms with E-state index in [0.717, 1.165) is 0 Å². The first-order valence-electron chi connectivity index (χ1n) is 5.67. The third kappa shape index (κ3) is 3.34. The summed E-state index contributed by atoms with van der Waals surface area (Å²) in [6.07, 6.45) is 0. The summed E-state index contributed by atoms with van der Waals surface area (Å²) in [7, 11) is 0. The second kappa shape index (κ2) is 6.02. The lowest BCUT2D eigenvalue weighted by Gasteiger charge is -2.17. The van der Waals surface area contributed by atoms with Crippen molar-refractivity contribution in [1.82, 2.24) is 4.98 Å². The molecule has 2 rings (SSSR count). The molecule has 0 saturated carbocycles. The molecule has 104 valence electrons. The lowest BCUT2D eigenvalue weighted by molar-refractivity contribution is -0.132. The number of rotatable bonds is 3. The smallest absolute Gasteiger partial charge is 0.309 e. The van der Waals surface area contributed by atoms with Gasteiger partial charge in [-0.2, -0.15) is 4.98 Å². The van der Waals surface area contributed by atoms with Crippen molar-refractivity contribution >= 4 is 45.6 Å². The van der Waals surface area contributed by atoms with Crippen molar-refractivity contribution in [3.05, 3.63) is 34.7 Å². The van der Waals surface area contributed by atoms with Crippen molar-refractivity contribution < 1.29 is 14.3 Å².